The molecule has 3 rings (SSSR count). The number of nitrogens with one attached hydrogen (secondary N) is 2. The highest BCUT2D eigenvalue weighted by Gasteiger charge is 2.41. The summed E-state index contributed by atoms with van der Waals surface area (Å²) in [6, 6.07) is 4.43. The van der Waals surface area contributed by atoms with Crippen LogP contribution >= 0.6 is 23.2 Å². The van der Waals surface area contributed by atoms with Gasteiger partial charge in [0.15, 0.2) is 0 Å². The van der Waals surface area contributed by atoms with Gasteiger partial charge >= 0.3 is 0 Å². The van der Waals surface area contributed by atoms with Crippen LogP contribution in [0.25, 0.3) is 0 Å². The maximum Gasteiger partial charge on any atom is 0.256 e. The van der Waals surface area contributed by atoms with Crippen molar-refractivity contribution in [2.24, 2.45) is 0 Å². The Morgan fingerprint density at radius 3 is 2.43 bits per heavy atom. The second-order valence-corrected chi connectivity index (χ2v) is 10.1. The Morgan fingerprint density at radius 1 is 1.14 bits per heavy atom. The quantitative estimate of drug-likeness (QED) is 0.768. The molecule has 1 aromatic carbocycles. The second kappa shape index (κ2) is 7.85. The van der Waals surface area contributed by atoms with E-state index in [0.717, 1.165) is 19.3 Å². The van der Waals surface area contributed by atoms with E-state index in [9.17, 15) is 9.59 Å². The lowest BCUT2D eigenvalue weighted by Crippen LogP contribution is -2.63. The predicted octanol–water partition coefficient (Wildman–Crippen LogP) is 4.02. The molecule has 28 heavy (non-hydrogen) atoms. The van der Waals surface area contributed by atoms with Gasteiger partial charge in [0.05, 0.1) is 10.6 Å². The molecule has 2 aliphatic heterocycles. The van der Waals surface area contributed by atoms with Gasteiger partial charge in [0.25, 0.3) is 5.91 Å². The summed E-state index contributed by atoms with van der Waals surface area (Å²) in [5.41, 5.74) is 0.233. The van der Waals surface area contributed by atoms with Crippen LogP contribution in [-0.4, -0.2) is 46.4 Å². The first-order valence-electron chi connectivity index (χ1n) is 9.83. The van der Waals surface area contributed by atoms with Crippen molar-refractivity contribution in [3.63, 3.8) is 0 Å². The van der Waals surface area contributed by atoms with Crippen LogP contribution < -0.4 is 10.6 Å². The SMILES string of the molecule is CC1(C)CC(NC(=O)C2CCCN2C(=O)c2cc(Cl)ccc2Cl)CC(C)(C)N1. The van der Waals surface area contributed by atoms with E-state index < -0.39 is 6.04 Å². The van der Waals surface area contributed by atoms with Crippen molar-refractivity contribution in [3.8, 4) is 0 Å². The summed E-state index contributed by atoms with van der Waals surface area (Å²) in [6.45, 7) is 9.15. The molecule has 2 amide bonds. The number of halogens is 2. The minimum absolute atomic E-state index is 0.0564. The Bertz CT molecular complexity index is 763. The number of carbonyl (C=O) groups excluding carboxylic acids is 2. The standard InChI is InChI=1S/C21H29Cl2N3O2/c1-20(2)11-14(12-21(3,4)25-20)24-18(27)17-6-5-9-26(17)19(28)15-10-13(22)7-8-16(15)23/h7-8,10,14,17,25H,5-6,9,11-12H2,1-4H3,(H,24,27). The number of likely N-dealkylation sites (tertiary alicyclic amines) is 1. The van der Waals surface area contributed by atoms with Crippen molar-refractivity contribution in [1.82, 2.24) is 15.5 Å². The van der Waals surface area contributed by atoms with Crippen molar-refractivity contribution in [1.29, 1.82) is 0 Å². The molecular weight excluding hydrogens is 397 g/mol. The van der Waals surface area contributed by atoms with Crippen molar-refractivity contribution in [2.45, 2.75) is 76.5 Å². The molecule has 5 nitrogen and oxygen atoms in total. The van der Waals surface area contributed by atoms with Crippen LogP contribution in [-0.2, 0) is 4.79 Å². The number of amides is 2. The van der Waals surface area contributed by atoms with Gasteiger partial charge in [0.1, 0.15) is 6.04 Å². The number of carbonyl (C=O) groups is 2. The number of hydrogen-bond acceptors (Lipinski definition) is 3. The first-order chi connectivity index (χ1) is 13.0. The van der Waals surface area contributed by atoms with E-state index in [-0.39, 0.29) is 28.9 Å². The predicted molar refractivity (Wildman–Crippen MR) is 113 cm³/mol. The summed E-state index contributed by atoms with van der Waals surface area (Å²) in [7, 11) is 0. The lowest BCUT2D eigenvalue weighted by atomic mass is 9.79. The van der Waals surface area contributed by atoms with Gasteiger partial charge in [-0.3, -0.25) is 9.59 Å². The lowest BCUT2D eigenvalue weighted by molar-refractivity contribution is -0.126. The van der Waals surface area contributed by atoms with Gasteiger partial charge in [-0.05, 0) is 71.6 Å². The summed E-state index contributed by atoms with van der Waals surface area (Å²) in [5.74, 6) is -0.321. The van der Waals surface area contributed by atoms with Gasteiger partial charge in [0.2, 0.25) is 5.91 Å². The third-order valence-electron chi connectivity index (χ3n) is 5.51. The fraction of sp³-hybridized carbons (Fsp3) is 0.619. The van der Waals surface area contributed by atoms with E-state index in [4.69, 9.17) is 23.2 Å². The average molecular weight is 426 g/mol. The summed E-state index contributed by atoms with van der Waals surface area (Å²) in [4.78, 5) is 27.7. The summed E-state index contributed by atoms with van der Waals surface area (Å²) in [6.07, 6.45) is 3.16. The smallest absolute Gasteiger partial charge is 0.256 e. The molecule has 2 aliphatic rings. The van der Waals surface area contributed by atoms with Gasteiger partial charge in [-0.2, -0.15) is 0 Å². The summed E-state index contributed by atoms with van der Waals surface area (Å²) >= 11 is 12.2. The number of rotatable bonds is 3. The number of nitrogens with zero attached hydrogens (tertiary/aromatic N) is 1. The molecule has 154 valence electrons. The minimum atomic E-state index is -0.469. The van der Waals surface area contributed by atoms with E-state index in [1.165, 1.54) is 0 Å². The highest BCUT2D eigenvalue weighted by molar-refractivity contribution is 6.35. The van der Waals surface area contributed by atoms with Gasteiger partial charge < -0.3 is 15.5 Å². The largest absolute Gasteiger partial charge is 0.351 e. The Kier molecular flexibility index (Phi) is 6.00. The molecule has 0 saturated carbocycles. The molecule has 2 N–H and O–H groups in total. The summed E-state index contributed by atoms with van der Waals surface area (Å²) in [5, 5.41) is 7.62. The second-order valence-electron chi connectivity index (χ2n) is 9.29. The maximum absolute atomic E-state index is 13.0. The van der Waals surface area contributed by atoms with E-state index in [1.54, 1.807) is 23.1 Å². The van der Waals surface area contributed by atoms with Crippen LogP contribution in [0.2, 0.25) is 10.0 Å². The Labute approximate surface area is 177 Å². The zero-order chi connectivity index (χ0) is 20.7. The lowest BCUT2D eigenvalue weighted by Gasteiger charge is -2.46. The van der Waals surface area contributed by atoms with Crippen molar-refractivity contribution < 1.29 is 9.59 Å². The van der Waals surface area contributed by atoms with E-state index in [2.05, 4.69) is 38.3 Å². The molecule has 1 unspecified atom stereocenters. The fourth-order valence-electron chi connectivity index (χ4n) is 4.82. The molecule has 0 aliphatic carbocycles. The number of piperidine rings is 1. The zero-order valence-electron chi connectivity index (χ0n) is 16.9. The van der Waals surface area contributed by atoms with Crippen LogP contribution in [0.15, 0.2) is 18.2 Å². The van der Waals surface area contributed by atoms with E-state index in [1.807, 2.05) is 0 Å². The van der Waals surface area contributed by atoms with Crippen LogP contribution in [0.5, 0.6) is 0 Å². The van der Waals surface area contributed by atoms with Crippen LogP contribution in [0.4, 0.5) is 0 Å². The van der Waals surface area contributed by atoms with Gasteiger partial charge in [-0.25, -0.2) is 0 Å². The van der Waals surface area contributed by atoms with Crippen LogP contribution in [0.3, 0.4) is 0 Å². The number of hydrogen-bond donors (Lipinski definition) is 2. The van der Waals surface area contributed by atoms with E-state index in [0.29, 0.717) is 28.6 Å². The highest BCUT2D eigenvalue weighted by atomic mass is 35.5. The van der Waals surface area contributed by atoms with Crippen molar-refractivity contribution in [3.05, 3.63) is 33.8 Å². The van der Waals surface area contributed by atoms with Gasteiger partial charge in [0, 0.05) is 28.7 Å². The molecule has 0 aromatic heterocycles. The number of benzene rings is 1. The minimum Gasteiger partial charge on any atom is -0.351 e. The molecule has 1 atom stereocenters. The monoisotopic (exact) mass is 425 g/mol. The van der Waals surface area contributed by atoms with Crippen molar-refractivity contribution >= 4 is 35.0 Å². The zero-order valence-corrected chi connectivity index (χ0v) is 18.5. The molecule has 0 spiro atoms. The molecule has 2 saturated heterocycles. The van der Waals surface area contributed by atoms with Crippen LogP contribution in [0.1, 0.15) is 63.7 Å². The van der Waals surface area contributed by atoms with Crippen molar-refractivity contribution in [2.75, 3.05) is 6.54 Å². The first-order valence-corrected chi connectivity index (χ1v) is 10.6. The summed E-state index contributed by atoms with van der Waals surface area (Å²) < 4.78 is 0. The van der Waals surface area contributed by atoms with Crippen LogP contribution in [0, 0.1) is 0 Å². The highest BCUT2D eigenvalue weighted by Crippen LogP contribution is 2.30. The topological polar surface area (TPSA) is 61.4 Å². The molecule has 2 fully saturated rings. The maximum atomic E-state index is 13.0. The molecular formula is C21H29Cl2N3O2. The Balaban J connectivity index is 1.73. The molecule has 0 radical (unpaired) electrons. The van der Waals surface area contributed by atoms with Gasteiger partial charge in [-0.1, -0.05) is 23.2 Å². The molecule has 7 heteroatoms. The third kappa shape index (κ3) is 4.81. The molecule has 0 bridgehead atoms. The molecule has 1 aromatic rings. The molecule has 2 heterocycles. The van der Waals surface area contributed by atoms with Gasteiger partial charge in [-0.15, -0.1) is 0 Å². The first kappa shape index (κ1) is 21.4. The fourth-order valence-corrected chi connectivity index (χ4v) is 5.19. The average Bonchev–Trinajstić information content (AvgIpc) is 3.03. The van der Waals surface area contributed by atoms with E-state index >= 15 is 0 Å². The normalized spacial score (nSPS) is 24.2. The third-order valence-corrected chi connectivity index (χ3v) is 6.08. The Morgan fingerprint density at radius 2 is 1.79 bits per heavy atom. The Hall–Kier alpha value is -1.30.